The number of carboxylic acids is 1. The minimum atomic E-state index is -0.649. The Labute approximate surface area is 77.9 Å². The summed E-state index contributed by atoms with van der Waals surface area (Å²) in [5.41, 5.74) is 0. The molecule has 2 N–H and O–H groups in total. The molecule has 0 aromatic rings. The van der Waals surface area contributed by atoms with Crippen LogP contribution in [0.25, 0.3) is 0 Å². The van der Waals surface area contributed by atoms with Gasteiger partial charge >= 0.3 is 5.97 Å². The van der Waals surface area contributed by atoms with Crippen molar-refractivity contribution in [3.8, 4) is 0 Å². The van der Waals surface area contributed by atoms with Crippen LogP contribution in [0.1, 0.15) is 19.3 Å². The number of nitrogens with zero attached hydrogens (tertiary/aromatic N) is 1. The van der Waals surface area contributed by atoms with Gasteiger partial charge in [-0.3, -0.25) is 9.69 Å². The third-order valence-corrected chi connectivity index (χ3v) is 3.08. The summed E-state index contributed by atoms with van der Waals surface area (Å²) in [5.74, 6) is -0.649. The Balaban J connectivity index is 2.00. The largest absolute Gasteiger partial charge is 0.480 e. The summed E-state index contributed by atoms with van der Waals surface area (Å²) < 4.78 is 0. The lowest BCUT2D eigenvalue weighted by Crippen LogP contribution is -2.44. The highest BCUT2D eigenvalue weighted by Crippen LogP contribution is 2.22. The van der Waals surface area contributed by atoms with Crippen molar-refractivity contribution >= 4 is 5.97 Å². The highest BCUT2D eigenvalue weighted by Gasteiger charge is 2.36. The number of hydrogen-bond donors (Lipinski definition) is 2. The van der Waals surface area contributed by atoms with Gasteiger partial charge in [-0.05, 0) is 32.4 Å². The van der Waals surface area contributed by atoms with Gasteiger partial charge in [-0.2, -0.15) is 0 Å². The summed E-state index contributed by atoms with van der Waals surface area (Å²) in [6, 6.07) is 0.244. The van der Waals surface area contributed by atoms with E-state index in [1.807, 2.05) is 0 Å². The highest BCUT2D eigenvalue weighted by molar-refractivity contribution is 5.73. The van der Waals surface area contributed by atoms with Crippen LogP contribution in [0.3, 0.4) is 0 Å². The van der Waals surface area contributed by atoms with E-state index < -0.39 is 5.97 Å². The number of rotatable bonds is 2. The summed E-state index contributed by atoms with van der Waals surface area (Å²) in [6.45, 7) is 2.96. The number of carbonyl (C=O) groups is 1. The Morgan fingerprint density at radius 1 is 1.46 bits per heavy atom. The first-order chi connectivity index (χ1) is 6.29. The standard InChI is InChI=1S/C9H16N2O2/c12-9(13)8-2-1-5-11(8)7-3-4-10-6-7/h7-8,10H,1-6H2,(H,12,13)/t7-,8+/m1/s1. The lowest BCUT2D eigenvalue weighted by Gasteiger charge is -2.27. The molecule has 13 heavy (non-hydrogen) atoms. The Morgan fingerprint density at radius 2 is 2.31 bits per heavy atom. The molecule has 2 rings (SSSR count). The number of likely N-dealkylation sites (tertiary alicyclic amines) is 1. The van der Waals surface area contributed by atoms with Gasteiger partial charge in [0.2, 0.25) is 0 Å². The molecule has 0 radical (unpaired) electrons. The SMILES string of the molecule is O=C(O)[C@@H]1CCCN1[C@@H]1CCNC1. The molecule has 74 valence electrons. The number of nitrogens with one attached hydrogen (secondary N) is 1. The van der Waals surface area contributed by atoms with Gasteiger partial charge in [0.25, 0.3) is 0 Å². The molecule has 0 saturated carbocycles. The van der Waals surface area contributed by atoms with E-state index in [2.05, 4.69) is 10.2 Å². The second-order valence-corrected chi connectivity index (χ2v) is 3.88. The minimum Gasteiger partial charge on any atom is -0.480 e. The van der Waals surface area contributed by atoms with Crippen LogP contribution in [0.5, 0.6) is 0 Å². The Hall–Kier alpha value is -0.610. The van der Waals surface area contributed by atoms with E-state index in [-0.39, 0.29) is 6.04 Å². The third kappa shape index (κ3) is 1.69. The molecule has 0 unspecified atom stereocenters. The molecule has 0 aliphatic carbocycles. The van der Waals surface area contributed by atoms with Crippen molar-refractivity contribution in [2.24, 2.45) is 0 Å². The van der Waals surface area contributed by atoms with Gasteiger partial charge in [-0.25, -0.2) is 0 Å². The maximum atomic E-state index is 10.9. The topological polar surface area (TPSA) is 52.6 Å². The molecule has 0 amide bonds. The van der Waals surface area contributed by atoms with Crippen LogP contribution in [-0.2, 0) is 4.79 Å². The zero-order chi connectivity index (χ0) is 9.26. The predicted octanol–water partition coefficient (Wildman–Crippen LogP) is -0.103. The van der Waals surface area contributed by atoms with E-state index in [9.17, 15) is 4.79 Å². The van der Waals surface area contributed by atoms with Crippen LogP contribution in [0.4, 0.5) is 0 Å². The summed E-state index contributed by atoms with van der Waals surface area (Å²) >= 11 is 0. The first kappa shape index (κ1) is 8.97. The average molecular weight is 184 g/mol. The fourth-order valence-corrected chi connectivity index (χ4v) is 2.41. The monoisotopic (exact) mass is 184 g/mol. The molecular formula is C9H16N2O2. The van der Waals surface area contributed by atoms with Crippen molar-refractivity contribution in [1.29, 1.82) is 0 Å². The van der Waals surface area contributed by atoms with E-state index in [1.165, 1.54) is 0 Å². The highest BCUT2D eigenvalue weighted by atomic mass is 16.4. The van der Waals surface area contributed by atoms with Gasteiger partial charge in [0, 0.05) is 12.6 Å². The molecule has 0 bridgehead atoms. The Morgan fingerprint density at radius 3 is 2.92 bits per heavy atom. The summed E-state index contributed by atoms with van der Waals surface area (Å²) in [4.78, 5) is 13.1. The van der Waals surface area contributed by atoms with E-state index in [4.69, 9.17) is 5.11 Å². The fourth-order valence-electron chi connectivity index (χ4n) is 2.41. The molecular weight excluding hydrogens is 168 g/mol. The van der Waals surface area contributed by atoms with E-state index in [1.54, 1.807) is 0 Å². The fraction of sp³-hybridized carbons (Fsp3) is 0.889. The smallest absolute Gasteiger partial charge is 0.320 e. The molecule has 4 heteroatoms. The molecule has 2 atom stereocenters. The lowest BCUT2D eigenvalue weighted by atomic mass is 10.1. The zero-order valence-electron chi connectivity index (χ0n) is 7.70. The van der Waals surface area contributed by atoms with Crippen molar-refractivity contribution < 1.29 is 9.90 Å². The average Bonchev–Trinajstić information content (AvgIpc) is 2.74. The van der Waals surface area contributed by atoms with Crippen LogP contribution in [0.15, 0.2) is 0 Å². The van der Waals surface area contributed by atoms with Gasteiger partial charge in [-0.15, -0.1) is 0 Å². The molecule has 2 aliphatic heterocycles. The van der Waals surface area contributed by atoms with E-state index in [0.29, 0.717) is 6.04 Å². The molecule has 2 aliphatic rings. The Kier molecular flexibility index (Phi) is 2.51. The second kappa shape index (κ2) is 3.64. The molecule has 2 fully saturated rings. The second-order valence-electron chi connectivity index (χ2n) is 3.88. The maximum absolute atomic E-state index is 10.9. The molecule has 0 aromatic heterocycles. The Bertz CT molecular complexity index is 202. The number of aliphatic carboxylic acids is 1. The molecule has 4 nitrogen and oxygen atoms in total. The van der Waals surface area contributed by atoms with Crippen molar-refractivity contribution in [2.75, 3.05) is 19.6 Å². The normalized spacial score (nSPS) is 35.4. The number of hydrogen-bond acceptors (Lipinski definition) is 3. The molecule has 2 saturated heterocycles. The van der Waals surface area contributed by atoms with Crippen molar-refractivity contribution in [3.63, 3.8) is 0 Å². The minimum absolute atomic E-state index is 0.218. The first-order valence-electron chi connectivity index (χ1n) is 4.98. The van der Waals surface area contributed by atoms with Gasteiger partial charge < -0.3 is 10.4 Å². The maximum Gasteiger partial charge on any atom is 0.320 e. The lowest BCUT2D eigenvalue weighted by molar-refractivity contribution is -0.142. The van der Waals surface area contributed by atoms with Gasteiger partial charge in [0.1, 0.15) is 6.04 Å². The van der Waals surface area contributed by atoms with Gasteiger partial charge in [-0.1, -0.05) is 0 Å². The molecule has 0 aromatic carbocycles. The van der Waals surface area contributed by atoms with Crippen LogP contribution < -0.4 is 5.32 Å². The van der Waals surface area contributed by atoms with E-state index >= 15 is 0 Å². The van der Waals surface area contributed by atoms with Gasteiger partial charge in [0.15, 0.2) is 0 Å². The number of carboxylic acid groups (broad SMARTS) is 1. The quantitative estimate of drug-likeness (QED) is 0.629. The van der Waals surface area contributed by atoms with Crippen LogP contribution in [0.2, 0.25) is 0 Å². The zero-order valence-corrected chi connectivity index (χ0v) is 7.70. The molecule has 2 heterocycles. The summed E-state index contributed by atoms with van der Waals surface area (Å²) in [5, 5.41) is 12.3. The van der Waals surface area contributed by atoms with Crippen LogP contribution >= 0.6 is 0 Å². The van der Waals surface area contributed by atoms with Crippen molar-refractivity contribution in [2.45, 2.75) is 31.3 Å². The van der Waals surface area contributed by atoms with Crippen LogP contribution in [-0.4, -0.2) is 47.7 Å². The van der Waals surface area contributed by atoms with Crippen molar-refractivity contribution in [1.82, 2.24) is 10.2 Å². The first-order valence-corrected chi connectivity index (χ1v) is 4.98. The van der Waals surface area contributed by atoms with E-state index in [0.717, 1.165) is 38.9 Å². The summed E-state index contributed by atoms with van der Waals surface area (Å²) in [7, 11) is 0. The van der Waals surface area contributed by atoms with Crippen LogP contribution in [0, 0.1) is 0 Å². The van der Waals surface area contributed by atoms with Crippen molar-refractivity contribution in [3.05, 3.63) is 0 Å². The predicted molar refractivity (Wildman–Crippen MR) is 48.6 cm³/mol. The van der Waals surface area contributed by atoms with Gasteiger partial charge in [0.05, 0.1) is 0 Å². The third-order valence-electron chi connectivity index (χ3n) is 3.08. The molecule has 0 spiro atoms. The summed E-state index contributed by atoms with van der Waals surface area (Å²) in [6.07, 6.45) is 2.96.